The molecule has 0 unspecified atom stereocenters. The lowest BCUT2D eigenvalue weighted by atomic mass is 10.2. The molecule has 0 saturated carbocycles. The van der Waals surface area contributed by atoms with Gasteiger partial charge in [0.05, 0.1) is 0 Å². The van der Waals surface area contributed by atoms with Crippen LogP contribution in [-0.2, 0) is 4.79 Å². The molecule has 2 aliphatic heterocycles. The van der Waals surface area contributed by atoms with Crippen molar-refractivity contribution >= 4 is 41.5 Å². The van der Waals surface area contributed by atoms with E-state index in [0.717, 1.165) is 84.1 Å². The van der Waals surface area contributed by atoms with Gasteiger partial charge in [-0.05, 0) is 44.9 Å². The largest absolute Gasteiger partial charge is 0.369 e. The summed E-state index contributed by atoms with van der Waals surface area (Å²) in [6.45, 7) is 11.2. The van der Waals surface area contributed by atoms with Crippen molar-refractivity contribution in [1.29, 1.82) is 0 Å². The minimum Gasteiger partial charge on any atom is -0.369 e. The highest BCUT2D eigenvalue weighted by molar-refractivity contribution is 14.0. The Kier molecular flexibility index (Phi) is 11.3. The summed E-state index contributed by atoms with van der Waals surface area (Å²) < 4.78 is 0. The van der Waals surface area contributed by atoms with Gasteiger partial charge in [-0.3, -0.25) is 9.69 Å². The first-order valence-electron chi connectivity index (χ1n) is 11.1. The van der Waals surface area contributed by atoms with Crippen molar-refractivity contribution in [2.45, 2.75) is 26.2 Å². The normalized spacial score (nSPS) is 17.6. The molecule has 7 nitrogen and oxygen atoms in total. The molecule has 2 heterocycles. The van der Waals surface area contributed by atoms with E-state index in [-0.39, 0.29) is 36.4 Å². The fraction of sp³-hybridized carbons (Fsp3) is 0.636. The van der Waals surface area contributed by atoms with Crippen molar-refractivity contribution in [2.24, 2.45) is 4.99 Å². The first-order valence-corrected chi connectivity index (χ1v) is 11.1. The highest BCUT2D eigenvalue weighted by Crippen LogP contribution is 2.15. The highest BCUT2D eigenvalue weighted by Gasteiger charge is 2.18. The Labute approximate surface area is 198 Å². The number of anilines is 1. The third-order valence-electron chi connectivity index (χ3n) is 5.61. The third kappa shape index (κ3) is 7.94. The van der Waals surface area contributed by atoms with Gasteiger partial charge in [-0.1, -0.05) is 18.2 Å². The van der Waals surface area contributed by atoms with Crippen molar-refractivity contribution in [1.82, 2.24) is 20.4 Å². The van der Waals surface area contributed by atoms with Crippen LogP contribution >= 0.6 is 24.0 Å². The van der Waals surface area contributed by atoms with Gasteiger partial charge in [0, 0.05) is 58.0 Å². The maximum atomic E-state index is 12.2. The number of nitrogens with zero attached hydrogens (tertiary/aromatic N) is 4. The Bertz CT molecular complexity index is 642. The number of hydrogen-bond acceptors (Lipinski definition) is 4. The number of carbonyl (C=O) groups excluding carboxylic acids is 1. The van der Waals surface area contributed by atoms with Crippen LogP contribution < -0.4 is 15.5 Å². The Morgan fingerprint density at radius 2 is 1.70 bits per heavy atom. The molecular formula is C22H37IN6O. The van der Waals surface area contributed by atoms with E-state index in [1.54, 1.807) is 0 Å². The molecule has 168 valence electrons. The second-order valence-corrected chi connectivity index (χ2v) is 7.73. The number of likely N-dealkylation sites (tertiary alicyclic amines) is 1. The van der Waals surface area contributed by atoms with Gasteiger partial charge in [-0.2, -0.15) is 0 Å². The van der Waals surface area contributed by atoms with Crippen LogP contribution in [0.2, 0.25) is 0 Å². The monoisotopic (exact) mass is 528 g/mol. The first kappa shape index (κ1) is 24.7. The molecule has 0 radical (unpaired) electrons. The summed E-state index contributed by atoms with van der Waals surface area (Å²) in [6, 6.07) is 10.7. The molecule has 3 rings (SSSR count). The zero-order chi connectivity index (χ0) is 20.3. The van der Waals surface area contributed by atoms with Gasteiger partial charge in [0.2, 0.25) is 5.91 Å². The Balaban J connectivity index is 0.00000320. The van der Waals surface area contributed by atoms with E-state index < -0.39 is 0 Å². The molecule has 2 N–H and O–H groups in total. The Morgan fingerprint density at radius 3 is 2.37 bits per heavy atom. The van der Waals surface area contributed by atoms with Gasteiger partial charge in [0.15, 0.2) is 5.96 Å². The third-order valence-corrected chi connectivity index (χ3v) is 5.61. The Morgan fingerprint density at radius 1 is 1.00 bits per heavy atom. The number of piperazine rings is 1. The predicted molar refractivity (Wildman–Crippen MR) is 135 cm³/mol. The molecule has 30 heavy (non-hydrogen) atoms. The van der Waals surface area contributed by atoms with Gasteiger partial charge in [0.25, 0.3) is 0 Å². The lowest BCUT2D eigenvalue weighted by Crippen LogP contribution is -2.47. The number of carbonyl (C=O) groups is 1. The number of rotatable bonds is 8. The van der Waals surface area contributed by atoms with E-state index in [9.17, 15) is 4.79 Å². The number of amides is 1. The van der Waals surface area contributed by atoms with Crippen LogP contribution in [-0.4, -0.2) is 87.1 Å². The molecule has 0 atom stereocenters. The van der Waals surface area contributed by atoms with Crippen LogP contribution in [0.4, 0.5) is 5.69 Å². The number of guanidine groups is 1. The van der Waals surface area contributed by atoms with Crippen LogP contribution in [0.25, 0.3) is 0 Å². The summed E-state index contributed by atoms with van der Waals surface area (Å²) in [5.41, 5.74) is 1.32. The molecule has 1 amide bonds. The number of para-hydroxylation sites is 1. The summed E-state index contributed by atoms with van der Waals surface area (Å²) in [7, 11) is 0. The van der Waals surface area contributed by atoms with E-state index in [2.05, 4.69) is 55.8 Å². The topological polar surface area (TPSA) is 63.2 Å². The highest BCUT2D eigenvalue weighted by atomic mass is 127. The Hall–Kier alpha value is -1.55. The molecule has 1 aromatic rings. The van der Waals surface area contributed by atoms with Crippen LogP contribution in [0.3, 0.4) is 0 Å². The smallest absolute Gasteiger partial charge is 0.244 e. The van der Waals surface area contributed by atoms with Crippen molar-refractivity contribution in [3.05, 3.63) is 30.3 Å². The fourth-order valence-corrected chi connectivity index (χ4v) is 3.93. The van der Waals surface area contributed by atoms with Gasteiger partial charge < -0.3 is 20.4 Å². The molecule has 0 spiro atoms. The molecule has 8 heteroatoms. The zero-order valence-corrected chi connectivity index (χ0v) is 20.5. The maximum absolute atomic E-state index is 12.2. The van der Waals surface area contributed by atoms with E-state index >= 15 is 0 Å². The average Bonchev–Trinajstić information content (AvgIpc) is 3.31. The maximum Gasteiger partial charge on any atom is 0.244 e. The number of hydrogen-bond donors (Lipinski definition) is 2. The van der Waals surface area contributed by atoms with Crippen LogP contribution in [0.5, 0.6) is 0 Å². The van der Waals surface area contributed by atoms with Gasteiger partial charge in [-0.15, -0.1) is 24.0 Å². The molecule has 2 fully saturated rings. The van der Waals surface area contributed by atoms with E-state index in [1.165, 1.54) is 5.69 Å². The number of benzene rings is 1. The van der Waals surface area contributed by atoms with E-state index in [1.807, 2.05) is 11.8 Å². The van der Waals surface area contributed by atoms with Gasteiger partial charge in [0.1, 0.15) is 6.54 Å². The molecule has 2 saturated heterocycles. The lowest BCUT2D eigenvalue weighted by molar-refractivity contribution is -0.128. The van der Waals surface area contributed by atoms with Crippen LogP contribution in [0.15, 0.2) is 35.3 Å². The second kappa shape index (κ2) is 13.7. The molecule has 2 aliphatic rings. The summed E-state index contributed by atoms with van der Waals surface area (Å²) in [5, 5.41) is 6.61. The molecule has 0 aliphatic carbocycles. The van der Waals surface area contributed by atoms with Crippen LogP contribution in [0, 0.1) is 0 Å². The van der Waals surface area contributed by atoms with Crippen LogP contribution in [0.1, 0.15) is 26.2 Å². The van der Waals surface area contributed by atoms with Crippen molar-refractivity contribution in [3.63, 3.8) is 0 Å². The zero-order valence-electron chi connectivity index (χ0n) is 18.2. The average molecular weight is 528 g/mol. The standard InChI is InChI=1S/C22H36N6O.HI/c1-2-23-22(25-19-21(29)28-13-6-7-14-28)24-11-8-12-26-15-17-27(18-16-26)20-9-4-3-5-10-20;/h3-5,9-10H,2,6-8,11-19H2,1H3,(H2,23,24,25);1H. The molecular weight excluding hydrogens is 491 g/mol. The number of nitrogens with one attached hydrogen (secondary N) is 2. The van der Waals surface area contributed by atoms with Crippen molar-refractivity contribution in [3.8, 4) is 0 Å². The number of halogens is 1. The fourth-order valence-electron chi connectivity index (χ4n) is 3.93. The molecule has 0 bridgehead atoms. The van der Waals surface area contributed by atoms with Crippen molar-refractivity contribution < 1.29 is 4.79 Å². The van der Waals surface area contributed by atoms with E-state index in [4.69, 9.17) is 0 Å². The minimum absolute atomic E-state index is 0. The second-order valence-electron chi connectivity index (χ2n) is 7.73. The van der Waals surface area contributed by atoms with E-state index in [0.29, 0.717) is 0 Å². The van der Waals surface area contributed by atoms with Crippen molar-refractivity contribution in [2.75, 3.05) is 70.3 Å². The van der Waals surface area contributed by atoms with Gasteiger partial charge >= 0.3 is 0 Å². The number of aliphatic imine (C=N–C) groups is 1. The summed E-state index contributed by atoms with van der Waals surface area (Å²) >= 11 is 0. The molecule has 0 aromatic heterocycles. The molecule has 1 aromatic carbocycles. The SMILES string of the molecule is CCNC(=NCC(=O)N1CCCC1)NCCCN1CCN(c2ccccc2)CC1.I. The first-order chi connectivity index (χ1) is 14.3. The quantitative estimate of drug-likeness (QED) is 0.234. The predicted octanol–water partition coefficient (Wildman–Crippen LogP) is 1.99. The van der Waals surface area contributed by atoms with Gasteiger partial charge in [-0.25, -0.2) is 4.99 Å². The summed E-state index contributed by atoms with van der Waals surface area (Å²) in [4.78, 5) is 23.5. The lowest BCUT2D eigenvalue weighted by Gasteiger charge is -2.36. The minimum atomic E-state index is 0. The summed E-state index contributed by atoms with van der Waals surface area (Å²) in [6.07, 6.45) is 3.30. The summed E-state index contributed by atoms with van der Waals surface area (Å²) in [5.74, 6) is 0.880.